The second-order valence-corrected chi connectivity index (χ2v) is 3.55. The number of carbonyl (C=O) groups excluding carboxylic acids is 2. The molecule has 0 saturated heterocycles. The van der Waals surface area contributed by atoms with Gasteiger partial charge in [0.25, 0.3) is 0 Å². The third-order valence-corrected chi connectivity index (χ3v) is 2.25. The first kappa shape index (κ1) is 14.2. The molecule has 98 valence electrons. The molecule has 0 saturated carbocycles. The van der Waals surface area contributed by atoms with Crippen LogP contribution in [0.15, 0.2) is 24.3 Å². The number of hydrogen-bond acceptors (Lipinski definition) is 5. The van der Waals surface area contributed by atoms with Gasteiger partial charge in [-0.3, -0.25) is 0 Å². The Morgan fingerprint density at radius 1 is 1.06 bits per heavy atom. The molecule has 0 N–H and O–H groups in total. The molecule has 0 heterocycles. The number of benzene rings is 1. The van der Waals surface area contributed by atoms with Crippen molar-refractivity contribution in [1.29, 1.82) is 0 Å². The van der Waals surface area contributed by atoms with Crippen LogP contribution in [0.25, 0.3) is 0 Å². The van der Waals surface area contributed by atoms with Crippen LogP contribution in [0.4, 0.5) is 0 Å². The predicted molar refractivity (Wildman–Crippen MR) is 64.6 cm³/mol. The van der Waals surface area contributed by atoms with Crippen LogP contribution in [0.2, 0.25) is 0 Å². The van der Waals surface area contributed by atoms with Gasteiger partial charge in [0.15, 0.2) is 0 Å². The highest BCUT2D eigenvalue weighted by Gasteiger charge is 2.11. The van der Waals surface area contributed by atoms with Crippen LogP contribution in [0, 0.1) is 0 Å². The summed E-state index contributed by atoms with van der Waals surface area (Å²) in [5.74, 6) is -0.944. The first-order chi connectivity index (χ1) is 8.69. The maximum Gasteiger partial charge on any atom is 0.338 e. The average Bonchev–Trinajstić information content (AvgIpc) is 2.42. The third-order valence-electron chi connectivity index (χ3n) is 2.25. The van der Waals surface area contributed by atoms with Crippen molar-refractivity contribution in [2.45, 2.75) is 6.42 Å². The standard InChI is InChI=1S/C13H16O5/c1-16-7-4-8-18-13(15)11-6-3-5-10(9-11)12(14)17-2/h3,5-6,9H,4,7-8H2,1-2H3. The SMILES string of the molecule is COCCCOC(=O)c1cccc(C(=O)OC)c1. The molecule has 0 aliphatic carbocycles. The molecule has 0 aliphatic rings. The fraction of sp³-hybridized carbons (Fsp3) is 0.385. The Morgan fingerprint density at radius 3 is 2.33 bits per heavy atom. The molecule has 0 bridgehead atoms. The topological polar surface area (TPSA) is 61.8 Å². The van der Waals surface area contributed by atoms with Crippen molar-refractivity contribution in [2.24, 2.45) is 0 Å². The number of esters is 2. The summed E-state index contributed by atoms with van der Waals surface area (Å²) in [4.78, 5) is 23.0. The quantitative estimate of drug-likeness (QED) is 0.569. The predicted octanol–water partition coefficient (Wildman–Crippen LogP) is 1.67. The molecule has 0 radical (unpaired) electrons. The Hall–Kier alpha value is -1.88. The summed E-state index contributed by atoms with van der Waals surface area (Å²) in [5, 5.41) is 0. The monoisotopic (exact) mass is 252 g/mol. The second-order valence-electron chi connectivity index (χ2n) is 3.55. The maximum absolute atomic E-state index is 11.7. The van der Waals surface area contributed by atoms with E-state index in [4.69, 9.17) is 9.47 Å². The Morgan fingerprint density at radius 2 is 1.72 bits per heavy atom. The fourth-order valence-corrected chi connectivity index (χ4v) is 1.34. The highest BCUT2D eigenvalue weighted by atomic mass is 16.5. The van der Waals surface area contributed by atoms with Gasteiger partial charge in [0.1, 0.15) is 0 Å². The molecule has 5 nitrogen and oxygen atoms in total. The molecule has 0 spiro atoms. The smallest absolute Gasteiger partial charge is 0.338 e. The fourth-order valence-electron chi connectivity index (χ4n) is 1.34. The first-order valence-electron chi connectivity index (χ1n) is 5.53. The van der Waals surface area contributed by atoms with Crippen molar-refractivity contribution in [2.75, 3.05) is 27.4 Å². The van der Waals surface area contributed by atoms with E-state index in [9.17, 15) is 9.59 Å². The minimum atomic E-state index is -0.482. The third kappa shape index (κ3) is 4.18. The number of rotatable bonds is 6. The molecule has 0 unspecified atom stereocenters. The first-order valence-corrected chi connectivity index (χ1v) is 5.53. The van der Waals surface area contributed by atoms with Crippen LogP contribution in [0.1, 0.15) is 27.1 Å². The van der Waals surface area contributed by atoms with Gasteiger partial charge >= 0.3 is 11.9 Å². The van der Waals surface area contributed by atoms with E-state index in [1.165, 1.54) is 13.2 Å². The Balaban J connectivity index is 2.60. The molecule has 0 aromatic heterocycles. The van der Waals surface area contributed by atoms with Gasteiger partial charge in [-0.15, -0.1) is 0 Å². The van der Waals surface area contributed by atoms with Gasteiger partial charge < -0.3 is 14.2 Å². The molecule has 0 aliphatic heterocycles. The molecule has 1 aromatic rings. The van der Waals surface area contributed by atoms with Gasteiger partial charge in [-0.25, -0.2) is 9.59 Å². The summed E-state index contributed by atoms with van der Waals surface area (Å²) in [6.45, 7) is 0.824. The number of methoxy groups -OCH3 is 2. The number of carbonyl (C=O) groups is 2. The summed E-state index contributed by atoms with van der Waals surface area (Å²) in [6.07, 6.45) is 0.638. The molecule has 5 heteroatoms. The van der Waals surface area contributed by atoms with Crippen molar-refractivity contribution in [3.8, 4) is 0 Å². The second kappa shape index (κ2) is 7.45. The normalized spacial score (nSPS) is 9.89. The summed E-state index contributed by atoms with van der Waals surface area (Å²) in [5.41, 5.74) is 0.652. The van der Waals surface area contributed by atoms with Crippen molar-refractivity contribution in [1.82, 2.24) is 0 Å². The van der Waals surface area contributed by atoms with Crippen LogP contribution in [-0.2, 0) is 14.2 Å². The molecule has 18 heavy (non-hydrogen) atoms. The molecular weight excluding hydrogens is 236 g/mol. The van der Waals surface area contributed by atoms with Gasteiger partial charge in [0, 0.05) is 20.1 Å². The van der Waals surface area contributed by atoms with E-state index in [0.29, 0.717) is 24.2 Å². The lowest BCUT2D eigenvalue weighted by molar-refractivity contribution is 0.0468. The van der Waals surface area contributed by atoms with Crippen molar-refractivity contribution in [3.05, 3.63) is 35.4 Å². The minimum Gasteiger partial charge on any atom is -0.465 e. The van der Waals surface area contributed by atoms with E-state index in [2.05, 4.69) is 4.74 Å². The van der Waals surface area contributed by atoms with Crippen LogP contribution < -0.4 is 0 Å². The lowest BCUT2D eigenvalue weighted by Gasteiger charge is -2.05. The summed E-state index contributed by atoms with van der Waals surface area (Å²) in [7, 11) is 2.87. The molecule has 0 fully saturated rings. The maximum atomic E-state index is 11.7. The molecule has 1 aromatic carbocycles. The Bertz CT molecular complexity index is 414. The van der Waals surface area contributed by atoms with Crippen LogP contribution >= 0.6 is 0 Å². The molecular formula is C13H16O5. The lowest BCUT2D eigenvalue weighted by Crippen LogP contribution is -2.09. The molecule has 0 atom stereocenters. The zero-order valence-electron chi connectivity index (χ0n) is 10.5. The van der Waals surface area contributed by atoms with E-state index in [1.54, 1.807) is 25.3 Å². The van der Waals surface area contributed by atoms with Gasteiger partial charge in [0.05, 0.1) is 24.8 Å². The average molecular weight is 252 g/mol. The Labute approximate surface area is 106 Å². The van der Waals surface area contributed by atoms with E-state index < -0.39 is 11.9 Å². The summed E-state index contributed by atoms with van der Waals surface area (Å²) < 4.78 is 14.4. The van der Waals surface area contributed by atoms with Gasteiger partial charge in [0.2, 0.25) is 0 Å². The van der Waals surface area contributed by atoms with Crippen molar-refractivity contribution >= 4 is 11.9 Å². The van der Waals surface area contributed by atoms with Gasteiger partial charge in [-0.05, 0) is 18.2 Å². The van der Waals surface area contributed by atoms with E-state index >= 15 is 0 Å². The van der Waals surface area contributed by atoms with E-state index in [1.807, 2.05) is 0 Å². The largest absolute Gasteiger partial charge is 0.465 e. The summed E-state index contributed by atoms with van der Waals surface area (Å²) >= 11 is 0. The van der Waals surface area contributed by atoms with E-state index in [-0.39, 0.29) is 6.61 Å². The van der Waals surface area contributed by atoms with Crippen LogP contribution in [-0.4, -0.2) is 39.4 Å². The Kier molecular flexibility index (Phi) is 5.87. The van der Waals surface area contributed by atoms with Crippen molar-refractivity contribution in [3.63, 3.8) is 0 Å². The zero-order chi connectivity index (χ0) is 13.4. The van der Waals surface area contributed by atoms with Crippen molar-refractivity contribution < 1.29 is 23.8 Å². The zero-order valence-corrected chi connectivity index (χ0v) is 10.5. The number of ether oxygens (including phenoxy) is 3. The van der Waals surface area contributed by atoms with Crippen LogP contribution in [0.3, 0.4) is 0 Å². The highest BCUT2D eigenvalue weighted by molar-refractivity contribution is 5.95. The molecule has 0 amide bonds. The minimum absolute atomic E-state index is 0.287. The number of hydrogen-bond donors (Lipinski definition) is 0. The molecule has 1 rings (SSSR count). The van der Waals surface area contributed by atoms with Gasteiger partial charge in [-0.1, -0.05) is 6.07 Å². The lowest BCUT2D eigenvalue weighted by atomic mass is 10.1. The highest BCUT2D eigenvalue weighted by Crippen LogP contribution is 2.08. The van der Waals surface area contributed by atoms with E-state index in [0.717, 1.165) is 0 Å². The van der Waals surface area contributed by atoms with Crippen LogP contribution in [0.5, 0.6) is 0 Å². The van der Waals surface area contributed by atoms with Gasteiger partial charge in [-0.2, -0.15) is 0 Å². The summed E-state index contributed by atoms with van der Waals surface area (Å²) in [6, 6.07) is 6.22.